The van der Waals surface area contributed by atoms with Gasteiger partial charge in [0.15, 0.2) is 0 Å². The van der Waals surface area contributed by atoms with E-state index < -0.39 is 12.0 Å². The summed E-state index contributed by atoms with van der Waals surface area (Å²) < 4.78 is 5.07. The first-order valence-electron chi connectivity index (χ1n) is 6.09. The predicted molar refractivity (Wildman–Crippen MR) is 71.1 cm³/mol. The lowest BCUT2D eigenvalue weighted by atomic mass is 10.0. The number of carboxylic acids is 1. The summed E-state index contributed by atoms with van der Waals surface area (Å²) in [6.45, 7) is 3.51. The Labute approximate surface area is 112 Å². The molecule has 0 heterocycles. The maximum atomic E-state index is 11.8. The van der Waals surface area contributed by atoms with E-state index in [1.807, 2.05) is 0 Å². The second kappa shape index (κ2) is 6.78. The molecule has 1 atom stereocenters. The molecule has 1 rings (SSSR count). The van der Waals surface area contributed by atoms with Crippen LogP contribution in [-0.4, -0.2) is 30.1 Å². The topological polar surface area (TPSA) is 75.6 Å². The highest BCUT2D eigenvalue weighted by Gasteiger charge is 2.23. The Morgan fingerprint density at radius 2 is 2.05 bits per heavy atom. The number of carbonyl (C=O) groups is 2. The van der Waals surface area contributed by atoms with Gasteiger partial charge in [0.25, 0.3) is 0 Å². The van der Waals surface area contributed by atoms with E-state index in [0.717, 1.165) is 5.56 Å². The van der Waals surface area contributed by atoms with Crippen LogP contribution in [0.1, 0.15) is 19.4 Å². The van der Waals surface area contributed by atoms with Gasteiger partial charge < -0.3 is 15.2 Å². The molecule has 0 aliphatic carbocycles. The standard InChI is InChI=1S/C14H19NO4/c1-9(2)13(14(17)18)15-12(16)8-10-5-4-6-11(7-10)19-3/h4-7,9,13H,8H2,1-3H3,(H,15,16)(H,17,18). The lowest BCUT2D eigenvalue weighted by molar-refractivity contribution is -0.143. The molecule has 0 aromatic heterocycles. The van der Waals surface area contributed by atoms with E-state index in [-0.39, 0.29) is 18.2 Å². The number of benzene rings is 1. The third kappa shape index (κ3) is 4.62. The minimum Gasteiger partial charge on any atom is -0.497 e. The van der Waals surface area contributed by atoms with Crippen molar-refractivity contribution in [3.8, 4) is 5.75 Å². The molecule has 0 aliphatic rings. The molecule has 1 aromatic rings. The van der Waals surface area contributed by atoms with Crippen molar-refractivity contribution in [2.24, 2.45) is 5.92 Å². The average molecular weight is 265 g/mol. The van der Waals surface area contributed by atoms with Crippen LogP contribution in [0, 0.1) is 5.92 Å². The fourth-order valence-corrected chi connectivity index (χ4v) is 1.71. The summed E-state index contributed by atoms with van der Waals surface area (Å²) in [5, 5.41) is 11.5. The maximum absolute atomic E-state index is 11.8. The molecule has 104 valence electrons. The second-order valence-electron chi connectivity index (χ2n) is 4.66. The number of nitrogens with one attached hydrogen (secondary N) is 1. The Morgan fingerprint density at radius 3 is 2.58 bits per heavy atom. The number of rotatable bonds is 6. The van der Waals surface area contributed by atoms with Gasteiger partial charge >= 0.3 is 5.97 Å². The highest BCUT2D eigenvalue weighted by molar-refractivity contribution is 5.85. The van der Waals surface area contributed by atoms with Gasteiger partial charge in [-0.05, 0) is 23.6 Å². The van der Waals surface area contributed by atoms with Crippen molar-refractivity contribution < 1.29 is 19.4 Å². The van der Waals surface area contributed by atoms with E-state index in [2.05, 4.69) is 5.32 Å². The molecule has 0 saturated heterocycles. The zero-order valence-electron chi connectivity index (χ0n) is 11.3. The van der Waals surface area contributed by atoms with Crippen molar-refractivity contribution in [3.63, 3.8) is 0 Å². The van der Waals surface area contributed by atoms with Crippen LogP contribution in [0.15, 0.2) is 24.3 Å². The van der Waals surface area contributed by atoms with E-state index in [9.17, 15) is 9.59 Å². The Balaban J connectivity index is 2.66. The van der Waals surface area contributed by atoms with Crippen LogP contribution in [0.2, 0.25) is 0 Å². The fraction of sp³-hybridized carbons (Fsp3) is 0.429. The van der Waals surface area contributed by atoms with Gasteiger partial charge in [0.2, 0.25) is 5.91 Å². The number of hydrogen-bond donors (Lipinski definition) is 2. The molecular weight excluding hydrogens is 246 g/mol. The first-order valence-corrected chi connectivity index (χ1v) is 6.09. The van der Waals surface area contributed by atoms with Gasteiger partial charge in [0, 0.05) is 0 Å². The third-order valence-corrected chi connectivity index (χ3v) is 2.75. The van der Waals surface area contributed by atoms with Crippen molar-refractivity contribution in [3.05, 3.63) is 29.8 Å². The quantitative estimate of drug-likeness (QED) is 0.816. The molecule has 2 N–H and O–H groups in total. The number of ether oxygens (including phenoxy) is 1. The summed E-state index contributed by atoms with van der Waals surface area (Å²) in [6, 6.07) is 6.27. The van der Waals surface area contributed by atoms with Crippen LogP contribution in [0.25, 0.3) is 0 Å². The molecule has 0 radical (unpaired) electrons. The fourth-order valence-electron chi connectivity index (χ4n) is 1.71. The van der Waals surface area contributed by atoms with Gasteiger partial charge in [-0.3, -0.25) is 4.79 Å². The van der Waals surface area contributed by atoms with Crippen LogP contribution in [0.4, 0.5) is 0 Å². The van der Waals surface area contributed by atoms with Gasteiger partial charge in [-0.2, -0.15) is 0 Å². The first-order chi connectivity index (χ1) is 8.93. The van der Waals surface area contributed by atoms with Crippen LogP contribution in [0.5, 0.6) is 5.75 Å². The average Bonchev–Trinajstić information content (AvgIpc) is 2.35. The number of hydrogen-bond acceptors (Lipinski definition) is 3. The van der Waals surface area contributed by atoms with E-state index in [0.29, 0.717) is 5.75 Å². The monoisotopic (exact) mass is 265 g/mol. The van der Waals surface area contributed by atoms with E-state index >= 15 is 0 Å². The van der Waals surface area contributed by atoms with Crippen LogP contribution in [0.3, 0.4) is 0 Å². The van der Waals surface area contributed by atoms with E-state index in [1.165, 1.54) is 0 Å². The van der Waals surface area contributed by atoms with Crippen molar-refractivity contribution >= 4 is 11.9 Å². The number of aliphatic carboxylic acids is 1. The Hall–Kier alpha value is -2.04. The molecule has 0 spiro atoms. The van der Waals surface area contributed by atoms with E-state index in [1.54, 1.807) is 45.2 Å². The van der Waals surface area contributed by atoms with Crippen molar-refractivity contribution in [1.82, 2.24) is 5.32 Å². The first kappa shape index (κ1) is 15.0. The van der Waals surface area contributed by atoms with Crippen LogP contribution in [-0.2, 0) is 16.0 Å². The maximum Gasteiger partial charge on any atom is 0.326 e. The van der Waals surface area contributed by atoms with Crippen LogP contribution < -0.4 is 10.1 Å². The molecule has 5 nitrogen and oxygen atoms in total. The van der Waals surface area contributed by atoms with Gasteiger partial charge in [0.05, 0.1) is 13.5 Å². The van der Waals surface area contributed by atoms with Crippen LogP contribution >= 0.6 is 0 Å². The highest BCUT2D eigenvalue weighted by atomic mass is 16.5. The zero-order valence-corrected chi connectivity index (χ0v) is 11.3. The molecule has 1 unspecified atom stereocenters. The molecule has 1 aromatic carbocycles. The van der Waals surface area contributed by atoms with Gasteiger partial charge in [-0.25, -0.2) is 4.79 Å². The minimum atomic E-state index is -1.02. The molecule has 19 heavy (non-hydrogen) atoms. The molecule has 0 bridgehead atoms. The molecule has 0 saturated carbocycles. The summed E-state index contributed by atoms with van der Waals surface area (Å²) in [4.78, 5) is 22.8. The van der Waals surface area contributed by atoms with Gasteiger partial charge in [0.1, 0.15) is 11.8 Å². The van der Waals surface area contributed by atoms with Gasteiger partial charge in [-0.15, -0.1) is 0 Å². The molecule has 1 amide bonds. The number of methoxy groups -OCH3 is 1. The van der Waals surface area contributed by atoms with E-state index in [4.69, 9.17) is 9.84 Å². The van der Waals surface area contributed by atoms with Crippen molar-refractivity contribution in [2.75, 3.05) is 7.11 Å². The number of amides is 1. The Morgan fingerprint density at radius 1 is 1.37 bits per heavy atom. The number of carboxylic acid groups (broad SMARTS) is 1. The van der Waals surface area contributed by atoms with Gasteiger partial charge in [-0.1, -0.05) is 26.0 Å². The summed E-state index contributed by atoms with van der Waals surface area (Å²) in [6.07, 6.45) is 0.133. The summed E-state index contributed by atoms with van der Waals surface area (Å²) in [5.74, 6) is -0.820. The predicted octanol–water partition coefficient (Wildman–Crippen LogP) is 1.46. The van der Waals surface area contributed by atoms with Crippen molar-refractivity contribution in [1.29, 1.82) is 0 Å². The second-order valence-corrected chi connectivity index (χ2v) is 4.66. The Bertz CT molecular complexity index is 457. The molecule has 0 aliphatic heterocycles. The summed E-state index contributed by atoms with van der Waals surface area (Å²) in [7, 11) is 1.55. The lowest BCUT2D eigenvalue weighted by Crippen LogP contribution is -2.44. The molecule has 5 heteroatoms. The SMILES string of the molecule is COc1cccc(CC(=O)NC(C(=O)O)C(C)C)c1. The summed E-state index contributed by atoms with van der Waals surface area (Å²) >= 11 is 0. The zero-order chi connectivity index (χ0) is 14.4. The largest absolute Gasteiger partial charge is 0.497 e. The molecular formula is C14H19NO4. The number of carbonyl (C=O) groups excluding carboxylic acids is 1. The Kier molecular flexibility index (Phi) is 5.36. The van der Waals surface area contributed by atoms with Crippen molar-refractivity contribution in [2.45, 2.75) is 26.3 Å². The summed E-state index contributed by atoms with van der Waals surface area (Å²) in [5.41, 5.74) is 0.782. The third-order valence-electron chi connectivity index (χ3n) is 2.75. The highest BCUT2D eigenvalue weighted by Crippen LogP contribution is 2.13. The smallest absolute Gasteiger partial charge is 0.326 e. The minimum absolute atomic E-state index is 0.133. The lowest BCUT2D eigenvalue weighted by Gasteiger charge is -2.17. The normalized spacial score (nSPS) is 12.0. The molecule has 0 fully saturated rings.